The molecule has 0 unspecified atom stereocenters. The summed E-state index contributed by atoms with van der Waals surface area (Å²) in [6, 6.07) is 11.9. The number of amides is 3. The molecular weight excluding hydrogens is 440 g/mol. The molecule has 162 valence electrons. The number of hydrogen-bond acceptors (Lipinski definition) is 6. The van der Waals surface area contributed by atoms with Crippen molar-refractivity contribution in [2.24, 2.45) is 0 Å². The Morgan fingerprint density at radius 1 is 1.13 bits per heavy atom. The molecule has 0 radical (unpaired) electrons. The Balaban J connectivity index is 1.75. The number of imide groups is 1. The van der Waals surface area contributed by atoms with Crippen molar-refractivity contribution in [3.05, 3.63) is 58.0 Å². The molecule has 1 aliphatic rings. The van der Waals surface area contributed by atoms with Gasteiger partial charge < -0.3 is 14.8 Å². The Morgan fingerprint density at radius 3 is 2.61 bits per heavy atom. The van der Waals surface area contributed by atoms with Gasteiger partial charge in [-0.1, -0.05) is 17.7 Å². The van der Waals surface area contributed by atoms with Crippen LogP contribution in [-0.4, -0.2) is 41.7 Å². The Kier molecular flexibility index (Phi) is 7.59. The molecule has 0 aliphatic carbocycles. The average molecular weight is 461 g/mol. The van der Waals surface area contributed by atoms with Gasteiger partial charge in [0.1, 0.15) is 18.0 Å². The second-order valence-corrected chi connectivity index (χ2v) is 7.82. The molecule has 3 amide bonds. The normalized spacial score (nSPS) is 14.8. The maximum absolute atomic E-state index is 12.8. The minimum atomic E-state index is -0.535. The highest BCUT2D eigenvalue weighted by Crippen LogP contribution is 2.35. The molecule has 1 aliphatic heterocycles. The van der Waals surface area contributed by atoms with Crippen molar-refractivity contribution >= 4 is 52.2 Å². The maximum atomic E-state index is 12.8. The molecule has 2 aromatic carbocycles. The van der Waals surface area contributed by atoms with Crippen molar-refractivity contribution in [3.63, 3.8) is 0 Å². The summed E-state index contributed by atoms with van der Waals surface area (Å²) in [6.45, 7) is 4.29. The van der Waals surface area contributed by atoms with Gasteiger partial charge in [-0.05, 0) is 62.0 Å². The van der Waals surface area contributed by atoms with Crippen molar-refractivity contribution in [2.45, 2.75) is 13.8 Å². The molecular formula is C22H21ClN2O5S. The van der Waals surface area contributed by atoms with E-state index in [0.29, 0.717) is 41.0 Å². The third kappa shape index (κ3) is 5.80. The Bertz CT molecular complexity index is 1040. The van der Waals surface area contributed by atoms with E-state index >= 15 is 0 Å². The van der Waals surface area contributed by atoms with Crippen molar-refractivity contribution in [1.82, 2.24) is 4.90 Å². The number of nitrogens with one attached hydrogen (secondary N) is 1. The summed E-state index contributed by atoms with van der Waals surface area (Å²) < 4.78 is 11.1. The highest BCUT2D eigenvalue weighted by molar-refractivity contribution is 8.18. The Morgan fingerprint density at radius 2 is 1.90 bits per heavy atom. The lowest BCUT2D eigenvalue weighted by Crippen LogP contribution is -2.36. The minimum Gasteiger partial charge on any atom is -0.494 e. The van der Waals surface area contributed by atoms with Crippen LogP contribution in [0.1, 0.15) is 19.4 Å². The number of thioether (sulfide) groups is 1. The SMILES string of the molecule is CCOc1ccc(/C=C2/SC(=O)N(CC(=O)Nc3cccc(Cl)c3)C2=O)c(OCC)c1. The summed E-state index contributed by atoms with van der Waals surface area (Å²) in [7, 11) is 0. The molecule has 2 aromatic rings. The fraction of sp³-hybridized carbons (Fsp3) is 0.227. The zero-order valence-corrected chi connectivity index (χ0v) is 18.6. The standard InChI is InChI=1S/C22H21ClN2O5S/c1-3-29-17-9-8-14(18(12-17)30-4-2)10-19-21(27)25(22(28)31-19)13-20(26)24-16-7-5-6-15(23)11-16/h5-12H,3-4,13H2,1-2H3,(H,24,26)/b19-10+. The van der Waals surface area contributed by atoms with Crippen molar-refractivity contribution in [2.75, 3.05) is 25.1 Å². The highest BCUT2D eigenvalue weighted by atomic mass is 35.5. The molecule has 0 saturated carbocycles. The fourth-order valence-corrected chi connectivity index (χ4v) is 3.88. The molecule has 9 heteroatoms. The van der Waals surface area contributed by atoms with Crippen LogP contribution in [0.4, 0.5) is 10.5 Å². The molecule has 0 atom stereocenters. The monoisotopic (exact) mass is 460 g/mol. The lowest BCUT2D eigenvalue weighted by Gasteiger charge is -2.13. The minimum absolute atomic E-state index is 0.214. The van der Waals surface area contributed by atoms with Crippen LogP contribution in [0.2, 0.25) is 5.02 Å². The quantitative estimate of drug-likeness (QED) is 0.569. The summed E-state index contributed by atoms with van der Waals surface area (Å²) >= 11 is 6.68. The zero-order valence-electron chi connectivity index (χ0n) is 17.0. The molecule has 31 heavy (non-hydrogen) atoms. The van der Waals surface area contributed by atoms with Gasteiger partial charge >= 0.3 is 0 Å². The summed E-state index contributed by atoms with van der Waals surface area (Å²) in [5.41, 5.74) is 1.12. The van der Waals surface area contributed by atoms with Crippen LogP contribution in [0.5, 0.6) is 11.5 Å². The van der Waals surface area contributed by atoms with Crippen molar-refractivity contribution in [1.29, 1.82) is 0 Å². The number of hydrogen-bond donors (Lipinski definition) is 1. The summed E-state index contributed by atoms with van der Waals surface area (Å²) in [5, 5.41) is 2.58. The van der Waals surface area contributed by atoms with Gasteiger partial charge in [-0.2, -0.15) is 0 Å². The number of anilines is 1. The number of carbonyl (C=O) groups excluding carboxylic acids is 3. The third-order valence-electron chi connectivity index (χ3n) is 4.17. The van der Waals surface area contributed by atoms with Gasteiger partial charge in [0, 0.05) is 22.3 Å². The summed E-state index contributed by atoms with van der Waals surface area (Å²) in [5.74, 6) is 0.155. The number of rotatable bonds is 8. The number of benzene rings is 2. The van der Waals surface area contributed by atoms with Crippen LogP contribution in [0.3, 0.4) is 0 Å². The topological polar surface area (TPSA) is 84.9 Å². The van der Waals surface area contributed by atoms with Crippen LogP contribution in [-0.2, 0) is 9.59 Å². The van der Waals surface area contributed by atoms with Gasteiger partial charge in [-0.15, -0.1) is 0 Å². The first-order valence-corrected chi connectivity index (χ1v) is 10.8. The Labute approximate surface area is 189 Å². The largest absolute Gasteiger partial charge is 0.494 e. The Hall–Kier alpha value is -2.97. The zero-order chi connectivity index (χ0) is 22.4. The van der Waals surface area contributed by atoms with Gasteiger partial charge in [-0.3, -0.25) is 19.3 Å². The molecule has 7 nitrogen and oxygen atoms in total. The molecule has 3 rings (SSSR count). The number of nitrogens with zero attached hydrogens (tertiary/aromatic N) is 1. The van der Waals surface area contributed by atoms with Crippen LogP contribution in [0.15, 0.2) is 47.4 Å². The maximum Gasteiger partial charge on any atom is 0.294 e. The molecule has 1 N–H and O–H groups in total. The van der Waals surface area contributed by atoms with Gasteiger partial charge in [-0.25, -0.2) is 0 Å². The molecule has 0 bridgehead atoms. The van der Waals surface area contributed by atoms with E-state index in [9.17, 15) is 14.4 Å². The van der Waals surface area contributed by atoms with Crippen LogP contribution < -0.4 is 14.8 Å². The van der Waals surface area contributed by atoms with Gasteiger partial charge in [0.05, 0.1) is 18.1 Å². The lowest BCUT2D eigenvalue weighted by molar-refractivity contribution is -0.127. The van der Waals surface area contributed by atoms with Crippen molar-refractivity contribution < 1.29 is 23.9 Å². The van der Waals surface area contributed by atoms with Crippen LogP contribution >= 0.6 is 23.4 Å². The van der Waals surface area contributed by atoms with E-state index < -0.39 is 23.6 Å². The highest BCUT2D eigenvalue weighted by Gasteiger charge is 2.36. The number of carbonyl (C=O) groups is 3. The van der Waals surface area contributed by atoms with Crippen molar-refractivity contribution in [3.8, 4) is 11.5 Å². The van der Waals surface area contributed by atoms with E-state index in [0.717, 1.165) is 16.7 Å². The molecule has 1 fully saturated rings. The third-order valence-corrected chi connectivity index (χ3v) is 5.31. The fourth-order valence-electron chi connectivity index (χ4n) is 2.86. The first-order valence-electron chi connectivity index (χ1n) is 9.61. The average Bonchev–Trinajstić information content (AvgIpc) is 2.97. The second-order valence-electron chi connectivity index (χ2n) is 6.39. The first kappa shape index (κ1) is 22.7. The van der Waals surface area contributed by atoms with E-state index in [1.54, 1.807) is 48.5 Å². The number of ether oxygens (including phenoxy) is 2. The van der Waals surface area contributed by atoms with E-state index in [1.807, 2.05) is 13.8 Å². The van der Waals surface area contributed by atoms with Gasteiger partial charge in [0.15, 0.2) is 0 Å². The first-order chi connectivity index (χ1) is 14.9. The molecule has 0 aromatic heterocycles. The summed E-state index contributed by atoms with van der Waals surface area (Å²) in [6.07, 6.45) is 1.58. The van der Waals surface area contributed by atoms with Gasteiger partial charge in [0.2, 0.25) is 5.91 Å². The van der Waals surface area contributed by atoms with Crippen LogP contribution in [0, 0.1) is 0 Å². The molecule has 1 saturated heterocycles. The van der Waals surface area contributed by atoms with E-state index in [-0.39, 0.29) is 4.91 Å². The smallest absolute Gasteiger partial charge is 0.294 e. The van der Waals surface area contributed by atoms with E-state index in [4.69, 9.17) is 21.1 Å². The predicted molar refractivity (Wildman–Crippen MR) is 122 cm³/mol. The second kappa shape index (κ2) is 10.4. The van der Waals surface area contributed by atoms with E-state index in [1.165, 1.54) is 0 Å². The van der Waals surface area contributed by atoms with Gasteiger partial charge in [0.25, 0.3) is 11.1 Å². The molecule has 0 spiro atoms. The van der Waals surface area contributed by atoms with Crippen LogP contribution in [0.25, 0.3) is 6.08 Å². The lowest BCUT2D eigenvalue weighted by atomic mass is 10.1. The summed E-state index contributed by atoms with van der Waals surface area (Å²) in [4.78, 5) is 38.5. The molecule has 1 heterocycles. The van der Waals surface area contributed by atoms with E-state index in [2.05, 4.69) is 5.32 Å². The number of halogens is 1. The predicted octanol–water partition coefficient (Wildman–Crippen LogP) is 4.81.